The van der Waals surface area contributed by atoms with Crippen LogP contribution in [0.15, 0.2) is 18.2 Å². The molecule has 1 fully saturated rings. The number of hydrogen-bond acceptors (Lipinski definition) is 3. The molecule has 0 radical (unpaired) electrons. The highest BCUT2D eigenvalue weighted by molar-refractivity contribution is 5.85. The van der Waals surface area contributed by atoms with Crippen LogP contribution in [0.5, 0.6) is 5.75 Å². The predicted octanol–water partition coefficient (Wildman–Crippen LogP) is 2.09. The molecule has 0 aliphatic carbocycles. The van der Waals surface area contributed by atoms with E-state index in [1.165, 1.54) is 12.1 Å². The van der Waals surface area contributed by atoms with E-state index in [1.807, 2.05) is 0 Å². The van der Waals surface area contributed by atoms with Gasteiger partial charge in [0.15, 0.2) is 0 Å². The van der Waals surface area contributed by atoms with E-state index in [2.05, 4.69) is 10.2 Å². The van der Waals surface area contributed by atoms with Crippen LogP contribution >= 0.6 is 24.8 Å². The van der Waals surface area contributed by atoms with Crippen LogP contribution in [0.2, 0.25) is 0 Å². The highest BCUT2D eigenvalue weighted by Crippen LogP contribution is 2.28. The van der Waals surface area contributed by atoms with Crippen molar-refractivity contribution in [2.75, 3.05) is 38.2 Å². The summed E-state index contributed by atoms with van der Waals surface area (Å²) in [6, 6.07) is 4.63. The topological polar surface area (TPSA) is 24.5 Å². The lowest BCUT2D eigenvalue weighted by Gasteiger charge is -2.30. The van der Waals surface area contributed by atoms with E-state index < -0.39 is 0 Å². The molecule has 0 bridgehead atoms. The van der Waals surface area contributed by atoms with E-state index in [0.29, 0.717) is 0 Å². The first-order valence-corrected chi connectivity index (χ1v) is 5.10. The molecule has 0 aromatic heterocycles. The number of rotatable bonds is 2. The Labute approximate surface area is 113 Å². The summed E-state index contributed by atoms with van der Waals surface area (Å²) in [5.41, 5.74) is 0.846. The molecule has 1 aromatic rings. The number of hydrogen-bond donors (Lipinski definition) is 1. The van der Waals surface area contributed by atoms with Crippen molar-refractivity contribution in [3.8, 4) is 5.75 Å². The van der Waals surface area contributed by atoms with Crippen molar-refractivity contribution in [3.05, 3.63) is 24.0 Å². The maximum atomic E-state index is 13.1. The van der Waals surface area contributed by atoms with Crippen LogP contribution in [0, 0.1) is 5.82 Å². The van der Waals surface area contributed by atoms with Gasteiger partial charge in [-0.15, -0.1) is 24.8 Å². The van der Waals surface area contributed by atoms with Gasteiger partial charge in [0.2, 0.25) is 0 Å². The normalized spacial score (nSPS) is 14.6. The Balaban J connectivity index is 0.00000128. The fourth-order valence-electron chi connectivity index (χ4n) is 1.82. The summed E-state index contributed by atoms with van der Waals surface area (Å²) in [6.45, 7) is 3.64. The monoisotopic (exact) mass is 282 g/mol. The van der Waals surface area contributed by atoms with Crippen molar-refractivity contribution in [1.29, 1.82) is 0 Å². The van der Waals surface area contributed by atoms with E-state index in [4.69, 9.17) is 4.74 Å². The number of methoxy groups -OCH3 is 1. The first-order valence-electron chi connectivity index (χ1n) is 5.10. The van der Waals surface area contributed by atoms with Crippen molar-refractivity contribution >= 4 is 30.5 Å². The number of nitrogens with one attached hydrogen (secondary N) is 1. The Morgan fingerprint density at radius 3 is 2.47 bits per heavy atom. The minimum Gasteiger partial charge on any atom is -0.495 e. The average Bonchev–Trinajstić information content (AvgIpc) is 2.30. The second-order valence-corrected chi connectivity index (χ2v) is 3.55. The zero-order valence-corrected chi connectivity index (χ0v) is 11.2. The molecule has 1 aromatic carbocycles. The van der Waals surface area contributed by atoms with Crippen LogP contribution < -0.4 is 15.0 Å². The first kappa shape index (κ1) is 16.3. The summed E-state index contributed by atoms with van der Waals surface area (Å²) in [7, 11) is 1.61. The minimum atomic E-state index is -0.218. The number of halogens is 3. The molecule has 98 valence electrons. The lowest BCUT2D eigenvalue weighted by atomic mass is 10.2. The van der Waals surface area contributed by atoms with Crippen molar-refractivity contribution in [3.63, 3.8) is 0 Å². The van der Waals surface area contributed by atoms with Gasteiger partial charge in [0, 0.05) is 32.2 Å². The van der Waals surface area contributed by atoms with E-state index in [0.717, 1.165) is 37.6 Å². The molecule has 1 saturated heterocycles. The van der Waals surface area contributed by atoms with Gasteiger partial charge >= 0.3 is 0 Å². The molecule has 0 amide bonds. The maximum absolute atomic E-state index is 13.1. The summed E-state index contributed by atoms with van der Waals surface area (Å²) < 4.78 is 18.4. The Morgan fingerprint density at radius 1 is 1.24 bits per heavy atom. The molecule has 3 nitrogen and oxygen atoms in total. The molecule has 1 heterocycles. The summed E-state index contributed by atoms with van der Waals surface area (Å²) >= 11 is 0. The third-order valence-corrected chi connectivity index (χ3v) is 2.60. The van der Waals surface area contributed by atoms with Crippen molar-refractivity contribution < 1.29 is 9.13 Å². The SMILES string of the molecule is COc1ccc(F)cc1N1CCNCC1.Cl.Cl. The molecule has 2 rings (SSSR count). The molecule has 0 spiro atoms. The van der Waals surface area contributed by atoms with Crippen LogP contribution in [-0.2, 0) is 0 Å². The highest BCUT2D eigenvalue weighted by Gasteiger charge is 2.15. The molecule has 17 heavy (non-hydrogen) atoms. The standard InChI is InChI=1S/C11H15FN2O.2ClH/c1-15-11-3-2-9(12)8-10(11)14-6-4-13-5-7-14;;/h2-3,8,13H,4-7H2,1H3;2*1H. The van der Waals surface area contributed by atoms with Crippen LogP contribution in [0.4, 0.5) is 10.1 Å². The van der Waals surface area contributed by atoms with Gasteiger partial charge in [0.1, 0.15) is 11.6 Å². The lowest BCUT2D eigenvalue weighted by molar-refractivity contribution is 0.412. The third kappa shape index (κ3) is 3.91. The van der Waals surface area contributed by atoms with E-state index >= 15 is 0 Å². The van der Waals surface area contributed by atoms with Gasteiger partial charge in [-0.25, -0.2) is 4.39 Å². The fraction of sp³-hybridized carbons (Fsp3) is 0.455. The molecule has 0 unspecified atom stereocenters. The summed E-state index contributed by atoms with van der Waals surface area (Å²) in [5, 5.41) is 3.26. The number of anilines is 1. The minimum absolute atomic E-state index is 0. The van der Waals surface area contributed by atoms with Gasteiger partial charge in [-0.1, -0.05) is 0 Å². The largest absolute Gasteiger partial charge is 0.495 e. The van der Waals surface area contributed by atoms with Gasteiger partial charge in [0.05, 0.1) is 12.8 Å². The molecule has 0 saturated carbocycles. The van der Waals surface area contributed by atoms with Gasteiger partial charge in [-0.3, -0.25) is 0 Å². The van der Waals surface area contributed by atoms with Gasteiger partial charge in [-0.05, 0) is 12.1 Å². The summed E-state index contributed by atoms with van der Waals surface area (Å²) in [4.78, 5) is 2.14. The maximum Gasteiger partial charge on any atom is 0.142 e. The van der Waals surface area contributed by atoms with Crippen molar-refractivity contribution in [1.82, 2.24) is 5.32 Å². The lowest BCUT2D eigenvalue weighted by Crippen LogP contribution is -2.43. The first-order chi connectivity index (χ1) is 7.31. The molecular formula is C11H17Cl2FN2O. The molecule has 0 atom stereocenters. The molecule has 1 N–H and O–H groups in total. The van der Waals surface area contributed by atoms with E-state index in [-0.39, 0.29) is 30.6 Å². The quantitative estimate of drug-likeness (QED) is 0.899. The molecule has 6 heteroatoms. The molecule has 1 aliphatic rings. The zero-order valence-electron chi connectivity index (χ0n) is 9.61. The van der Waals surface area contributed by atoms with Crippen LogP contribution in [0.3, 0.4) is 0 Å². The summed E-state index contributed by atoms with van der Waals surface area (Å²) in [6.07, 6.45) is 0. The zero-order chi connectivity index (χ0) is 10.7. The predicted molar refractivity (Wildman–Crippen MR) is 72.5 cm³/mol. The number of nitrogens with zero attached hydrogens (tertiary/aromatic N) is 1. The fourth-order valence-corrected chi connectivity index (χ4v) is 1.82. The molecule has 1 aliphatic heterocycles. The Bertz CT molecular complexity index is 346. The Morgan fingerprint density at radius 2 is 1.88 bits per heavy atom. The van der Waals surface area contributed by atoms with Gasteiger partial charge in [0.25, 0.3) is 0 Å². The van der Waals surface area contributed by atoms with Crippen LogP contribution in [0.1, 0.15) is 0 Å². The smallest absolute Gasteiger partial charge is 0.142 e. The van der Waals surface area contributed by atoms with Crippen LogP contribution in [0.25, 0.3) is 0 Å². The Hall–Kier alpha value is -0.710. The number of benzene rings is 1. The second-order valence-electron chi connectivity index (χ2n) is 3.55. The summed E-state index contributed by atoms with van der Waals surface area (Å²) in [5.74, 6) is 0.516. The molecular weight excluding hydrogens is 266 g/mol. The van der Waals surface area contributed by atoms with Crippen molar-refractivity contribution in [2.24, 2.45) is 0 Å². The highest BCUT2D eigenvalue weighted by atomic mass is 35.5. The second kappa shape index (κ2) is 7.58. The third-order valence-electron chi connectivity index (χ3n) is 2.60. The number of piperazine rings is 1. The Kier molecular flexibility index (Phi) is 7.27. The van der Waals surface area contributed by atoms with Gasteiger partial charge in [-0.2, -0.15) is 0 Å². The van der Waals surface area contributed by atoms with Gasteiger partial charge < -0.3 is 15.0 Å². The average molecular weight is 283 g/mol. The van der Waals surface area contributed by atoms with Crippen LogP contribution in [-0.4, -0.2) is 33.3 Å². The van der Waals surface area contributed by atoms with E-state index in [9.17, 15) is 4.39 Å². The number of ether oxygens (including phenoxy) is 1. The van der Waals surface area contributed by atoms with E-state index in [1.54, 1.807) is 13.2 Å². The van der Waals surface area contributed by atoms with Crippen molar-refractivity contribution in [2.45, 2.75) is 0 Å².